The van der Waals surface area contributed by atoms with E-state index in [9.17, 15) is 9.59 Å². The molecule has 1 N–H and O–H groups in total. The molecule has 1 saturated carbocycles. The number of aromatic amines is 1. The van der Waals surface area contributed by atoms with Crippen molar-refractivity contribution in [1.29, 1.82) is 0 Å². The topological polar surface area (TPSA) is 69.3 Å². The van der Waals surface area contributed by atoms with Gasteiger partial charge in [-0.3, -0.25) is 14.5 Å². The van der Waals surface area contributed by atoms with Gasteiger partial charge < -0.3 is 9.88 Å². The lowest BCUT2D eigenvalue weighted by Gasteiger charge is -2.33. The van der Waals surface area contributed by atoms with Crippen molar-refractivity contribution in [1.82, 2.24) is 19.8 Å². The molecule has 3 aliphatic rings. The summed E-state index contributed by atoms with van der Waals surface area (Å²) in [6, 6.07) is -0.0167. The molecular weight excluding hydrogens is 316 g/mol. The maximum absolute atomic E-state index is 13.1. The summed E-state index contributed by atoms with van der Waals surface area (Å²) in [7, 11) is 2.06. The van der Waals surface area contributed by atoms with Crippen molar-refractivity contribution >= 4 is 5.91 Å². The van der Waals surface area contributed by atoms with Gasteiger partial charge in [0.25, 0.3) is 5.56 Å². The van der Waals surface area contributed by atoms with Crippen molar-refractivity contribution in [2.45, 2.75) is 64.0 Å². The number of fused-ring (bicyclic) bond motifs is 1. The summed E-state index contributed by atoms with van der Waals surface area (Å²) >= 11 is 0. The molecule has 25 heavy (non-hydrogen) atoms. The van der Waals surface area contributed by atoms with Crippen molar-refractivity contribution in [3.05, 3.63) is 27.4 Å². The second-order valence-electron chi connectivity index (χ2n) is 7.94. The molecule has 0 bridgehead atoms. The quantitative estimate of drug-likeness (QED) is 0.902. The number of likely N-dealkylation sites (tertiary alicyclic amines) is 1. The summed E-state index contributed by atoms with van der Waals surface area (Å²) < 4.78 is 0. The predicted octanol–water partition coefficient (Wildman–Crippen LogP) is 1.48. The lowest BCUT2D eigenvalue weighted by Crippen LogP contribution is -2.49. The minimum absolute atomic E-state index is 0.000617. The van der Waals surface area contributed by atoms with Crippen LogP contribution in [0, 0.1) is 5.92 Å². The zero-order chi connectivity index (χ0) is 17.4. The van der Waals surface area contributed by atoms with Gasteiger partial charge in [-0.25, -0.2) is 4.98 Å². The van der Waals surface area contributed by atoms with Crippen molar-refractivity contribution in [3.8, 4) is 0 Å². The van der Waals surface area contributed by atoms with E-state index in [1.54, 1.807) is 0 Å². The van der Waals surface area contributed by atoms with E-state index >= 15 is 0 Å². The molecule has 0 aromatic carbocycles. The first-order chi connectivity index (χ1) is 12.1. The van der Waals surface area contributed by atoms with E-state index in [1.807, 2.05) is 4.90 Å². The van der Waals surface area contributed by atoms with Crippen LogP contribution in [-0.4, -0.2) is 51.9 Å². The highest BCUT2D eigenvalue weighted by Crippen LogP contribution is 2.31. The maximum Gasteiger partial charge on any atom is 0.254 e. The standard InChI is InChI=1S/C19H28N4O2/c1-22-9-4-2-3-5-16(22)19(25)23-10-8-14-15(12-23)20-17(21-18(14)24)11-13-6-7-13/h13,16H,2-12H2,1H3,(H,20,21,24)/t16-/m1/s1. The number of H-pyrrole nitrogens is 1. The Bertz CT molecular complexity index is 710. The van der Waals surface area contributed by atoms with Gasteiger partial charge in [-0.2, -0.15) is 0 Å². The van der Waals surface area contributed by atoms with E-state index in [4.69, 9.17) is 4.98 Å². The van der Waals surface area contributed by atoms with Crippen LogP contribution in [0.15, 0.2) is 4.79 Å². The Balaban J connectivity index is 1.52. The Kier molecular flexibility index (Phi) is 4.63. The highest BCUT2D eigenvalue weighted by atomic mass is 16.2. The third-order valence-electron chi connectivity index (χ3n) is 5.92. The summed E-state index contributed by atoms with van der Waals surface area (Å²) in [6.45, 7) is 2.10. The molecule has 1 saturated heterocycles. The fourth-order valence-electron chi connectivity index (χ4n) is 4.15. The molecule has 1 amide bonds. The van der Waals surface area contributed by atoms with Crippen molar-refractivity contribution in [3.63, 3.8) is 0 Å². The molecule has 0 spiro atoms. The van der Waals surface area contributed by atoms with Crippen LogP contribution in [0.25, 0.3) is 0 Å². The van der Waals surface area contributed by atoms with Gasteiger partial charge in [0, 0.05) is 18.5 Å². The molecule has 2 fully saturated rings. The van der Waals surface area contributed by atoms with E-state index < -0.39 is 0 Å². The summed E-state index contributed by atoms with van der Waals surface area (Å²) in [6.07, 6.45) is 8.39. The van der Waals surface area contributed by atoms with Crippen LogP contribution in [0.2, 0.25) is 0 Å². The molecule has 1 atom stereocenters. The molecule has 0 radical (unpaired) electrons. The maximum atomic E-state index is 13.1. The number of nitrogens with one attached hydrogen (secondary N) is 1. The Morgan fingerprint density at radius 1 is 1.20 bits per heavy atom. The van der Waals surface area contributed by atoms with Gasteiger partial charge in [-0.15, -0.1) is 0 Å². The van der Waals surface area contributed by atoms with Crippen LogP contribution < -0.4 is 5.56 Å². The number of aromatic nitrogens is 2. The van der Waals surface area contributed by atoms with Gasteiger partial charge in [0.2, 0.25) is 5.91 Å². The zero-order valence-electron chi connectivity index (χ0n) is 15.1. The van der Waals surface area contributed by atoms with Crippen LogP contribution >= 0.6 is 0 Å². The normalized spacial score (nSPS) is 24.7. The smallest absolute Gasteiger partial charge is 0.254 e. The number of hydrogen-bond donors (Lipinski definition) is 1. The van der Waals surface area contributed by atoms with Crippen LogP contribution in [0.3, 0.4) is 0 Å². The molecule has 4 rings (SSSR count). The number of carbonyl (C=O) groups is 1. The molecule has 1 aromatic heterocycles. The predicted molar refractivity (Wildman–Crippen MR) is 95.3 cm³/mol. The van der Waals surface area contributed by atoms with Crippen LogP contribution in [0.1, 0.15) is 55.6 Å². The summed E-state index contributed by atoms with van der Waals surface area (Å²) in [4.78, 5) is 37.2. The SMILES string of the molecule is CN1CCCCC[C@@H]1C(=O)N1CCc2c(nc(CC3CC3)[nH]c2=O)C1. The van der Waals surface area contributed by atoms with E-state index in [0.29, 0.717) is 25.4 Å². The molecular formula is C19H28N4O2. The average molecular weight is 344 g/mol. The second kappa shape index (κ2) is 6.90. The Labute approximate surface area is 148 Å². The van der Waals surface area contributed by atoms with Crippen LogP contribution in [-0.2, 0) is 24.2 Å². The van der Waals surface area contributed by atoms with Crippen molar-refractivity contribution in [2.75, 3.05) is 20.1 Å². The summed E-state index contributed by atoms with van der Waals surface area (Å²) in [5.74, 6) is 1.69. The Morgan fingerprint density at radius 2 is 2.04 bits per heavy atom. The first-order valence-corrected chi connectivity index (χ1v) is 9.72. The van der Waals surface area contributed by atoms with Gasteiger partial charge in [0.1, 0.15) is 5.82 Å². The fraction of sp³-hybridized carbons (Fsp3) is 0.737. The second-order valence-corrected chi connectivity index (χ2v) is 7.94. The Morgan fingerprint density at radius 3 is 2.84 bits per heavy atom. The Hall–Kier alpha value is -1.69. The molecule has 6 nitrogen and oxygen atoms in total. The first-order valence-electron chi connectivity index (χ1n) is 9.72. The van der Waals surface area contributed by atoms with Gasteiger partial charge in [0.05, 0.1) is 18.3 Å². The lowest BCUT2D eigenvalue weighted by atomic mass is 10.0. The number of likely N-dealkylation sites (N-methyl/N-ethyl adjacent to an activating group) is 1. The van der Waals surface area contributed by atoms with E-state index in [-0.39, 0.29) is 17.5 Å². The summed E-state index contributed by atoms with van der Waals surface area (Å²) in [5.41, 5.74) is 1.59. The number of rotatable bonds is 3. The first kappa shape index (κ1) is 16.8. The summed E-state index contributed by atoms with van der Waals surface area (Å²) in [5, 5.41) is 0. The number of hydrogen-bond acceptors (Lipinski definition) is 4. The fourth-order valence-corrected chi connectivity index (χ4v) is 4.15. The third kappa shape index (κ3) is 3.64. The minimum atomic E-state index is -0.0167. The number of amides is 1. The van der Waals surface area contributed by atoms with Gasteiger partial charge in [-0.1, -0.05) is 12.8 Å². The van der Waals surface area contributed by atoms with Crippen LogP contribution in [0.5, 0.6) is 0 Å². The highest BCUT2D eigenvalue weighted by Gasteiger charge is 2.32. The molecule has 1 aliphatic carbocycles. The lowest BCUT2D eigenvalue weighted by molar-refractivity contribution is -0.137. The average Bonchev–Trinajstić information content (AvgIpc) is 3.42. The largest absolute Gasteiger partial charge is 0.335 e. The zero-order valence-corrected chi connectivity index (χ0v) is 15.1. The van der Waals surface area contributed by atoms with Crippen LogP contribution in [0.4, 0.5) is 0 Å². The molecule has 3 heterocycles. The molecule has 0 unspecified atom stereocenters. The van der Waals surface area contributed by atoms with E-state index in [2.05, 4.69) is 16.9 Å². The highest BCUT2D eigenvalue weighted by molar-refractivity contribution is 5.82. The van der Waals surface area contributed by atoms with E-state index in [1.165, 1.54) is 25.7 Å². The minimum Gasteiger partial charge on any atom is -0.335 e. The number of carbonyl (C=O) groups excluding carboxylic acids is 1. The van der Waals surface area contributed by atoms with E-state index in [0.717, 1.165) is 42.9 Å². The third-order valence-corrected chi connectivity index (χ3v) is 5.92. The van der Waals surface area contributed by atoms with Gasteiger partial charge in [0.15, 0.2) is 0 Å². The van der Waals surface area contributed by atoms with Crippen molar-refractivity contribution < 1.29 is 4.79 Å². The van der Waals surface area contributed by atoms with Gasteiger partial charge in [-0.05, 0) is 51.6 Å². The molecule has 1 aromatic rings. The molecule has 6 heteroatoms. The monoisotopic (exact) mass is 344 g/mol. The molecule has 136 valence electrons. The van der Waals surface area contributed by atoms with Crippen molar-refractivity contribution in [2.24, 2.45) is 5.92 Å². The number of nitrogens with zero attached hydrogens (tertiary/aromatic N) is 3. The van der Waals surface area contributed by atoms with Gasteiger partial charge >= 0.3 is 0 Å². The molecule has 2 aliphatic heterocycles.